The lowest BCUT2D eigenvalue weighted by Crippen LogP contribution is -2.54. The first-order valence-electron chi connectivity index (χ1n) is 2.85. The predicted octanol–water partition coefficient (Wildman–Crippen LogP) is 0.0609. The molecule has 0 aromatic rings. The fourth-order valence-corrected chi connectivity index (χ4v) is 1.25. The second-order valence-corrected chi connectivity index (χ2v) is 2.30. The van der Waals surface area contributed by atoms with E-state index in [0.29, 0.717) is 12.0 Å². The molecule has 1 saturated heterocycles. The third-order valence-electron chi connectivity index (χ3n) is 1.81. The first-order valence-corrected chi connectivity index (χ1v) is 2.85. The summed E-state index contributed by atoms with van der Waals surface area (Å²) in [6.45, 7) is 0. The zero-order valence-electron chi connectivity index (χ0n) is 4.42. The Labute approximate surface area is 47.6 Å². The van der Waals surface area contributed by atoms with Crippen molar-refractivity contribution in [3.05, 3.63) is 12.2 Å². The molecule has 0 saturated carbocycles. The molecule has 0 radical (unpaired) electrons. The highest BCUT2D eigenvalue weighted by atomic mass is 16.2. The van der Waals surface area contributed by atoms with E-state index in [4.69, 9.17) is 0 Å². The summed E-state index contributed by atoms with van der Waals surface area (Å²) in [4.78, 5) is 10.6. The van der Waals surface area contributed by atoms with Gasteiger partial charge in [0.2, 0.25) is 5.91 Å². The van der Waals surface area contributed by atoms with Crippen LogP contribution in [0, 0.1) is 5.92 Å². The number of allylic oxidation sites excluding steroid dienone is 1. The molecule has 1 amide bonds. The minimum Gasteiger partial charge on any atom is -0.349 e. The van der Waals surface area contributed by atoms with Gasteiger partial charge in [-0.15, -0.1) is 0 Å². The van der Waals surface area contributed by atoms with E-state index < -0.39 is 0 Å². The molecule has 0 aromatic heterocycles. The number of β-lactam (4-membered cyclic amide) rings is 1. The minimum atomic E-state index is 0.222. The van der Waals surface area contributed by atoms with Gasteiger partial charge in [-0.2, -0.15) is 0 Å². The normalized spacial score (nSPS) is 40.8. The lowest BCUT2D eigenvalue weighted by Gasteiger charge is -2.29. The first kappa shape index (κ1) is 4.13. The molecular formula is C6H7NO. The number of carbonyl (C=O) groups excluding carboxylic acids is 1. The van der Waals surface area contributed by atoms with Crippen LogP contribution in [0.3, 0.4) is 0 Å². The molecule has 2 rings (SSSR count). The fraction of sp³-hybridized carbons (Fsp3) is 0.500. The third-order valence-corrected chi connectivity index (χ3v) is 1.81. The van der Waals surface area contributed by atoms with Gasteiger partial charge in [0.1, 0.15) is 0 Å². The van der Waals surface area contributed by atoms with Crippen LogP contribution < -0.4 is 5.32 Å². The molecule has 2 aliphatic rings. The van der Waals surface area contributed by atoms with Crippen molar-refractivity contribution in [2.75, 3.05) is 0 Å². The molecule has 2 heteroatoms. The summed E-state index contributed by atoms with van der Waals surface area (Å²) in [6, 6.07) is 0.391. The van der Waals surface area contributed by atoms with Gasteiger partial charge in [0.15, 0.2) is 0 Å². The van der Waals surface area contributed by atoms with Crippen molar-refractivity contribution in [3.63, 3.8) is 0 Å². The highest BCUT2D eigenvalue weighted by Crippen LogP contribution is 2.25. The van der Waals surface area contributed by atoms with Crippen LogP contribution in [-0.4, -0.2) is 11.9 Å². The summed E-state index contributed by atoms with van der Waals surface area (Å²) >= 11 is 0. The van der Waals surface area contributed by atoms with Crippen molar-refractivity contribution in [1.29, 1.82) is 0 Å². The molecule has 1 unspecified atom stereocenters. The molecule has 2 atom stereocenters. The van der Waals surface area contributed by atoms with Gasteiger partial charge in [-0.25, -0.2) is 0 Å². The van der Waals surface area contributed by atoms with Crippen LogP contribution in [0.25, 0.3) is 0 Å². The lowest BCUT2D eigenvalue weighted by molar-refractivity contribution is -0.132. The van der Waals surface area contributed by atoms with E-state index >= 15 is 0 Å². The summed E-state index contributed by atoms with van der Waals surface area (Å²) in [5.41, 5.74) is 0. The summed E-state index contributed by atoms with van der Waals surface area (Å²) in [5, 5.41) is 2.78. The molecule has 0 spiro atoms. The fourth-order valence-electron chi connectivity index (χ4n) is 1.25. The monoisotopic (exact) mass is 109 g/mol. The van der Waals surface area contributed by atoms with Crippen LogP contribution in [0.15, 0.2) is 12.2 Å². The van der Waals surface area contributed by atoms with Gasteiger partial charge in [-0.1, -0.05) is 12.2 Å². The molecule has 0 aromatic carbocycles. The summed E-state index contributed by atoms with van der Waals surface area (Å²) in [5.74, 6) is 0.523. The maximum Gasteiger partial charge on any atom is 0.226 e. The maximum absolute atomic E-state index is 10.6. The summed E-state index contributed by atoms with van der Waals surface area (Å²) in [7, 11) is 0. The zero-order valence-corrected chi connectivity index (χ0v) is 4.42. The van der Waals surface area contributed by atoms with Crippen molar-refractivity contribution in [1.82, 2.24) is 5.32 Å². The van der Waals surface area contributed by atoms with E-state index in [1.54, 1.807) is 0 Å². The van der Waals surface area contributed by atoms with Gasteiger partial charge < -0.3 is 5.32 Å². The number of hydrogen-bond donors (Lipinski definition) is 1. The van der Waals surface area contributed by atoms with Gasteiger partial charge in [-0.05, 0) is 6.42 Å². The summed E-state index contributed by atoms with van der Waals surface area (Å²) < 4.78 is 0. The molecule has 1 aliphatic carbocycles. The second-order valence-electron chi connectivity index (χ2n) is 2.30. The van der Waals surface area contributed by atoms with Gasteiger partial charge in [0.25, 0.3) is 0 Å². The Kier molecular flexibility index (Phi) is 0.583. The lowest BCUT2D eigenvalue weighted by atomic mass is 9.94. The number of fused-ring (bicyclic) bond motifs is 1. The SMILES string of the molecule is O=C1NC2C=CC[C@H]12. The van der Waals surface area contributed by atoms with Gasteiger partial charge in [0.05, 0.1) is 12.0 Å². The predicted molar refractivity (Wildman–Crippen MR) is 29.2 cm³/mol. The van der Waals surface area contributed by atoms with Crippen LogP contribution in [0.1, 0.15) is 6.42 Å². The first-order chi connectivity index (χ1) is 3.88. The third kappa shape index (κ3) is 0.312. The average molecular weight is 109 g/mol. The maximum atomic E-state index is 10.6. The highest BCUT2D eigenvalue weighted by molar-refractivity contribution is 5.87. The van der Waals surface area contributed by atoms with Crippen molar-refractivity contribution < 1.29 is 4.79 Å². The van der Waals surface area contributed by atoms with Gasteiger partial charge in [-0.3, -0.25) is 4.79 Å². The largest absolute Gasteiger partial charge is 0.349 e. The molecule has 1 fully saturated rings. The molecule has 1 heterocycles. The van der Waals surface area contributed by atoms with E-state index in [1.165, 1.54) is 0 Å². The molecule has 1 aliphatic heterocycles. The number of amides is 1. The van der Waals surface area contributed by atoms with Gasteiger partial charge in [0, 0.05) is 0 Å². The van der Waals surface area contributed by atoms with Crippen molar-refractivity contribution in [2.45, 2.75) is 12.5 Å². The molecule has 1 N–H and O–H groups in total. The number of nitrogens with one attached hydrogen (secondary N) is 1. The van der Waals surface area contributed by atoms with E-state index in [-0.39, 0.29) is 5.91 Å². The topological polar surface area (TPSA) is 29.1 Å². The molecule has 8 heavy (non-hydrogen) atoms. The van der Waals surface area contributed by atoms with E-state index in [1.807, 2.05) is 0 Å². The van der Waals surface area contributed by atoms with E-state index in [9.17, 15) is 4.79 Å². The number of rotatable bonds is 0. The van der Waals surface area contributed by atoms with E-state index in [0.717, 1.165) is 6.42 Å². The molecule has 0 bridgehead atoms. The van der Waals surface area contributed by atoms with Crippen LogP contribution in [-0.2, 0) is 4.79 Å². The standard InChI is InChI=1S/C6H7NO/c8-6-4-2-1-3-5(4)7-6/h1,3-5H,2H2,(H,7,8)/t4-,5?/m0/s1. The van der Waals surface area contributed by atoms with Crippen LogP contribution >= 0.6 is 0 Å². The van der Waals surface area contributed by atoms with E-state index in [2.05, 4.69) is 17.5 Å². The Bertz CT molecular complexity index is 162. The number of carbonyl (C=O) groups is 1. The molecular weight excluding hydrogens is 102 g/mol. The minimum absolute atomic E-state index is 0.222. The van der Waals surface area contributed by atoms with Crippen LogP contribution in [0.4, 0.5) is 0 Å². The zero-order chi connectivity index (χ0) is 5.56. The van der Waals surface area contributed by atoms with Crippen molar-refractivity contribution in [2.24, 2.45) is 5.92 Å². The highest BCUT2D eigenvalue weighted by Gasteiger charge is 2.38. The average Bonchev–Trinajstić information content (AvgIpc) is 2.09. The molecule has 42 valence electrons. The molecule has 2 nitrogen and oxygen atoms in total. The summed E-state index contributed by atoms with van der Waals surface area (Å²) in [6.07, 6.45) is 5.08. The Hall–Kier alpha value is -0.790. The Morgan fingerprint density at radius 3 is 3.12 bits per heavy atom. The van der Waals surface area contributed by atoms with Crippen molar-refractivity contribution in [3.8, 4) is 0 Å². The second kappa shape index (κ2) is 1.13. The quantitative estimate of drug-likeness (QED) is 0.346. The van der Waals surface area contributed by atoms with Gasteiger partial charge >= 0.3 is 0 Å². The van der Waals surface area contributed by atoms with Crippen LogP contribution in [0.2, 0.25) is 0 Å². The Morgan fingerprint density at radius 2 is 2.62 bits per heavy atom. The number of hydrogen-bond acceptors (Lipinski definition) is 1. The smallest absolute Gasteiger partial charge is 0.226 e. The van der Waals surface area contributed by atoms with Crippen LogP contribution in [0.5, 0.6) is 0 Å². The Morgan fingerprint density at radius 1 is 1.75 bits per heavy atom. The van der Waals surface area contributed by atoms with Crippen molar-refractivity contribution >= 4 is 5.91 Å². The Balaban J connectivity index is 2.19.